The maximum Gasteiger partial charge on any atom is 0.223 e. The standard InChI is InChI=1S/C27H37FN6/c1-19(2)31-17-20-7-6-15-34(16-13-20)25(24(29)21-8-10-22(28)11-9-21)23-12-14-30-26(33-23)32-18-27(3,4)5/h7-14,16,19,31H,6,15,17-18,29H2,1-5H3,(H,30,32,33)/b25-24-. The second kappa shape index (κ2) is 11.3. The van der Waals surface area contributed by atoms with Crippen molar-refractivity contribution in [3.05, 3.63) is 77.5 Å². The van der Waals surface area contributed by atoms with Crippen molar-refractivity contribution in [3.8, 4) is 0 Å². The quantitative estimate of drug-likeness (QED) is 0.510. The molecule has 0 saturated heterocycles. The Morgan fingerprint density at radius 3 is 2.59 bits per heavy atom. The number of rotatable bonds is 8. The summed E-state index contributed by atoms with van der Waals surface area (Å²) in [7, 11) is 0. The Morgan fingerprint density at radius 1 is 1.18 bits per heavy atom. The first-order valence-electron chi connectivity index (χ1n) is 11.8. The Balaban J connectivity index is 1.99. The molecular weight excluding hydrogens is 427 g/mol. The van der Waals surface area contributed by atoms with Gasteiger partial charge in [-0.15, -0.1) is 0 Å². The lowest BCUT2D eigenvalue weighted by Crippen LogP contribution is -2.24. The molecule has 1 aliphatic rings. The lowest BCUT2D eigenvalue weighted by atomic mass is 9.97. The monoisotopic (exact) mass is 464 g/mol. The van der Waals surface area contributed by atoms with Crippen LogP contribution in [0.25, 0.3) is 11.4 Å². The number of benzene rings is 1. The molecule has 182 valence electrons. The molecule has 0 bridgehead atoms. The molecule has 1 aromatic carbocycles. The van der Waals surface area contributed by atoms with Crippen molar-refractivity contribution in [1.82, 2.24) is 20.2 Å². The molecule has 0 spiro atoms. The zero-order chi connectivity index (χ0) is 24.7. The molecule has 0 radical (unpaired) electrons. The first-order chi connectivity index (χ1) is 16.1. The van der Waals surface area contributed by atoms with E-state index in [4.69, 9.17) is 10.7 Å². The highest BCUT2D eigenvalue weighted by atomic mass is 19.1. The first-order valence-corrected chi connectivity index (χ1v) is 11.8. The van der Waals surface area contributed by atoms with E-state index in [0.717, 1.165) is 37.3 Å². The SMILES string of the molecule is CC(C)NCC1=CCCN(/C(=C(\N)c2ccc(F)cc2)c2ccnc(NCC(C)(C)C)n2)C=C1. The molecule has 0 aliphatic carbocycles. The molecule has 3 rings (SSSR count). The smallest absolute Gasteiger partial charge is 0.223 e. The van der Waals surface area contributed by atoms with Gasteiger partial charge in [0.2, 0.25) is 5.95 Å². The van der Waals surface area contributed by atoms with Crippen molar-refractivity contribution in [2.45, 2.75) is 47.1 Å². The van der Waals surface area contributed by atoms with Crippen LogP contribution in [0.5, 0.6) is 0 Å². The molecular formula is C27H37FN6. The van der Waals surface area contributed by atoms with E-state index in [2.05, 4.69) is 73.5 Å². The number of hydrogen-bond acceptors (Lipinski definition) is 6. The highest BCUT2D eigenvalue weighted by Gasteiger charge is 2.19. The van der Waals surface area contributed by atoms with Crippen LogP contribution in [-0.2, 0) is 0 Å². The van der Waals surface area contributed by atoms with Crippen LogP contribution in [0, 0.1) is 11.2 Å². The second-order valence-corrected chi connectivity index (χ2v) is 10.1. The van der Waals surface area contributed by atoms with E-state index < -0.39 is 0 Å². The molecule has 0 unspecified atom stereocenters. The van der Waals surface area contributed by atoms with E-state index in [1.54, 1.807) is 18.3 Å². The second-order valence-electron chi connectivity index (χ2n) is 10.1. The van der Waals surface area contributed by atoms with Crippen molar-refractivity contribution >= 4 is 17.3 Å². The molecule has 0 fully saturated rings. The molecule has 0 saturated carbocycles. The first kappa shape index (κ1) is 25.4. The molecule has 0 amide bonds. The Labute approximate surface area is 202 Å². The van der Waals surface area contributed by atoms with Gasteiger partial charge in [0, 0.05) is 38.1 Å². The summed E-state index contributed by atoms with van der Waals surface area (Å²) >= 11 is 0. The molecule has 1 aliphatic heterocycles. The van der Waals surface area contributed by atoms with Crippen LogP contribution in [0.3, 0.4) is 0 Å². The summed E-state index contributed by atoms with van der Waals surface area (Å²) in [6.07, 6.45) is 9.01. The van der Waals surface area contributed by atoms with Crippen molar-refractivity contribution in [3.63, 3.8) is 0 Å². The third-order valence-electron chi connectivity index (χ3n) is 5.33. The van der Waals surface area contributed by atoms with E-state index in [1.165, 1.54) is 17.7 Å². The summed E-state index contributed by atoms with van der Waals surface area (Å²) in [6, 6.07) is 8.52. The maximum absolute atomic E-state index is 13.6. The van der Waals surface area contributed by atoms with Crippen molar-refractivity contribution in [1.29, 1.82) is 0 Å². The third kappa shape index (κ3) is 7.42. The van der Waals surface area contributed by atoms with Crippen LogP contribution in [0.15, 0.2) is 60.5 Å². The number of nitrogens with one attached hydrogen (secondary N) is 2. The Morgan fingerprint density at radius 2 is 1.91 bits per heavy atom. The number of nitrogens with zero attached hydrogens (tertiary/aromatic N) is 3. The van der Waals surface area contributed by atoms with Gasteiger partial charge >= 0.3 is 0 Å². The summed E-state index contributed by atoms with van der Waals surface area (Å²) in [5.41, 5.74) is 10.8. The van der Waals surface area contributed by atoms with Gasteiger partial charge in [-0.2, -0.15) is 0 Å². The van der Waals surface area contributed by atoms with Crippen LogP contribution in [0.4, 0.5) is 10.3 Å². The van der Waals surface area contributed by atoms with E-state index in [0.29, 0.717) is 23.4 Å². The minimum Gasteiger partial charge on any atom is -0.396 e. The van der Waals surface area contributed by atoms with E-state index in [9.17, 15) is 4.39 Å². The van der Waals surface area contributed by atoms with Gasteiger partial charge in [-0.1, -0.05) is 40.7 Å². The van der Waals surface area contributed by atoms with E-state index >= 15 is 0 Å². The van der Waals surface area contributed by atoms with Crippen molar-refractivity contribution in [2.24, 2.45) is 11.1 Å². The lowest BCUT2D eigenvalue weighted by Gasteiger charge is -2.25. The molecule has 7 heteroatoms. The number of nitrogens with two attached hydrogens (primary N) is 1. The number of aromatic nitrogens is 2. The molecule has 6 nitrogen and oxygen atoms in total. The molecule has 34 heavy (non-hydrogen) atoms. The Hall–Kier alpha value is -3.19. The number of anilines is 1. The van der Waals surface area contributed by atoms with Crippen LogP contribution in [-0.4, -0.2) is 40.5 Å². The van der Waals surface area contributed by atoms with Gasteiger partial charge in [0.25, 0.3) is 0 Å². The van der Waals surface area contributed by atoms with Crippen LogP contribution < -0.4 is 16.4 Å². The third-order valence-corrected chi connectivity index (χ3v) is 5.33. The zero-order valence-corrected chi connectivity index (χ0v) is 20.9. The normalized spacial score (nSPS) is 15.1. The van der Waals surface area contributed by atoms with Crippen LogP contribution in [0.2, 0.25) is 0 Å². The fourth-order valence-corrected chi connectivity index (χ4v) is 3.48. The Kier molecular flexibility index (Phi) is 8.45. The highest BCUT2D eigenvalue weighted by molar-refractivity contribution is 5.87. The van der Waals surface area contributed by atoms with Gasteiger partial charge in [-0.05, 0) is 59.4 Å². The van der Waals surface area contributed by atoms with Gasteiger partial charge in [-0.3, -0.25) is 0 Å². The Bertz CT molecular complexity index is 1050. The van der Waals surface area contributed by atoms with Crippen LogP contribution in [0.1, 0.15) is 52.3 Å². The summed E-state index contributed by atoms with van der Waals surface area (Å²) in [6.45, 7) is 13.0. The molecule has 1 aromatic heterocycles. The largest absolute Gasteiger partial charge is 0.396 e. The van der Waals surface area contributed by atoms with E-state index in [1.807, 2.05) is 6.07 Å². The van der Waals surface area contributed by atoms with Gasteiger partial charge < -0.3 is 21.3 Å². The average molecular weight is 465 g/mol. The minimum atomic E-state index is -0.296. The topological polar surface area (TPSA) is 79.1 Å². The average Bonchev–Trinajstić information content (AvgIpc) is 3.02. The number of halogens is 1. The van der Waals surface area contributed by atoms with Crippen molar-refractivity contribution in [2.75, 3.05) is 25.0 Å². The predicted molar refractivity (Wildman–Crippen MR) is 139 cm³/mol. The molecule has 4 N–H and O–H groups in total. The summed E-state index contributed by atoms with van der Waals surface area (Å²) in [5, 5.41) is 6.79. The van der Waals surface area contributed by atoms with Gasteiger partial charge in [0.15, 0.2) is 0 Å². The molecule has 2 heterocycles. The molecule has 2 aromatic rings. The number of hydrogen-bond donors (Lipinski definition) is 3. The fraction of sp³-hybridized carbons (Fsp3) is 0.407. The zero-order valence-electron chi connectivity index (χ0n) is 20.9. The summed E-state index contributed by atoms with van der Waals surface area (Å²) in [4.78, 5) is 11.3. The highest BCUT2D eigenvalue weighted by Crippen LogP contribution is 2.28. The maximum atomic E-state index is 13.6. The summed E-state index contributed by atoms with van der Waals surface area (Å²) in [5.74, 6) is 0.255. The van der Waals surface area contributed by atoms with Crippen LogP contribution >= 0.6 is 0 Å². The van der Waals surface area contributed by atoms with Crippen molar-refractivity contribution < 1.29 is 4.39 Å². The summed E-state index contributed by atoms with van der Waals surface area (Å²) < 4.78 is 13.6. The molecule has 0 atom stereocenters. The van der Waals surface area contributed by atoms with E-state index in [-0.39, 0.29) is 11.2 Å². The van der Waals surface area contributed by atoms with Gasteiger partial charge in [0.1, 0.15) is 5.82 Å². The lowest BCUT2D eigenvalue weighted by molar-refractivity contribution is 0.441. The van der Waals surface area contributed by atoms with Gasteiger partial charge in [-0.25, -0.2) is 14.4 Å². The minimum absolute atomic E-state index is 0.0881. The predicted octanol–water partition coefficient (Wildman–Crippen LogP) is 5.00. The fourth-order valence-electron chi connectivity index (χ4n) is 3.48. The van der Waals surface area contributed by atoms with Gasteiger partial charge in [0.05, 0.1) is 17.1 Å².